The van der Waals surface area contributed by atoms with E-state index in [1.807, 2.05) is 19.0 Å². The Morgan fingerprint density at radius 1 is 1.18 bits per heavy atom. The topological polar surface area (TPSA) is 84.0 Å². The number of alkyl halides is 1. The van der Waals surface area contributed by atoms with Crippen LogP contribution in [0.2, 0.25) is 0 Å². The zero-order valence-electron chi connectivity index (χ0n) is 17.6. The van der Waals surface area contributed by atoms with Gasteiger partial charge < -0.3 is 15.7 Å². The van der Waals surface area contributed by atoms with E-state index in [2.05, 4.69) is 28.2 Å². The molecule has 0 aromatic heterocycles. The third-order valence-electron chi connectivity index (χ3n) is 6.55. The summed E-state index contributed by atoms with van der Waals surface area (Å²) in [5.41, 5.74) is 0. The summed E-state index contributed by atoms with van der Waals surface area (Å²) in [4.78, 5) is 6.84. The molecule has 0 spiro atoms. The number of halogens is 1. The average molecular weight is 399 g/mol. The summed E-state index contributed by atoms with van der Waals surface area (Å²) >= 11 is 0. The van der Waals surface area contributed by atoms with Crippen LogP contribution in [-0.2, 0) is 0 Å². The van der Waals surface area contributed by atoms with E-state index < -0.39 is 12.4 Å². The van der Waals surface area contributed by atoms with Crippen LogP contribution in [0, 0.1) is 11.8 Å². The number of piperazine rings is 1. The molecule has 162 valence electrons. The predicted octanol–water partition coefficient (Wildman–Crippen LogP) is 0.616. The number of aliphatic imine (C=N–C) groups is 1. The number of hydrogen-bond donors (Lipinski definition) is 5. The summed E-state index contributed by atoms with van der Waals surface area (Å²) in [6, 6.07) is 0.256. The zero-order valence-corrected chi connectivity index (χ0v) is 17.6. The first-order valence-corrected chi connectivity index (χ1v) is 11.0. The van der Waals surface area contributed by atoms with Crippen LogP contribution in [0.3, 0.4) is 0 Å². The molecule has 28 heavy (non-hydrogen) atoms. The summed E-state index contributed by atoms with van der Waals surface area (Å²) in [5, 5.41) is 24.8. The van der Waals surface area contributed by atoms with E-state index in [1.54, 1.807) is 0 Å². The highest BCUT2D eigenvalue weighted by Gasteiger charge is 2.36. The van der Waals surface area contributed by atoms with Gasteiger partial charge in [0, 0.05) is 38.0 Å². The molecule has 0 aromatic carbocycles. The Morgan fingerprint density at radius 3 is 2.57 bits per heavy atom. The molecule has 0 amide bonds. The second-order valence-electron chi connectivity index (χ2n) is 8.92. The molecule has 3 unspecified atom stereocenters. The Hall–Kier alpha value is -0.800. The van der Waals surface area contributed by atoms with Gasteiger partial charge in [-0.25, -0.2) is 4.39 Å². The average Bonchev–Trinajstić information content (AvgIpc) is 2.69. The maximum Gasteiger partial charge on any atom is 0.113 e. The minimum Gasteiger partial charge on any atom is -0.378 e. The van der Waals surface area contributed by atoms with Crippen LogP contribution in [0.1, 0.15) is 45.4 Å². The second kappa shape index (κ2) is 10.3. The monoisotopic (exact) mass is 398 g/mol. The van der Waals surface area contributed by atoms with Crippen LogP contribution in [0.15, 0.2) is 4.99 Å². The maximum absolute atomic E-state index is 13.5. The van der Waals surface area contributed by atoms with Gasteiger partial charge in [0.2, 0.25) is 0 Å². The van der Waals surface area contributed by atoms with Crippen LogP contribution in [-0.4, -0.2) is 80.3 Å². The fourth-order valence-electron chi connectivity index (χ4n) is 4.70. The lowest BCUT2D eigenvalue weighted by Gasteiger charge is -2.40. The highest BCUT2D eigenvalue weighted by atomic mass is 19.1. The van der Waals surface area contributed by atoms with Crippen molar-refractivity contribution in [3.05, 3.63) is 0 Å². The highest BCUT2D eigenvalue weighted by molar-refractivity contribution is 5.83. The van der Waals surface area contributed by atoms with Gasteiger partial charge in [0.25, 0.3) is 0 Å². The van der Waals surface area contributed by atoms with Crippen LogP contribution in [0.5, 0.6) is 0 Å². The van der Waals surface area contributed by atoms with Gasteiger partial charge in [0.1, 0.15) is 18.6 Å². The lowest BCUT2D eigenvalue weighted by molar-refractivity contribution is -0.0295. The molecule has 3 aliphatic rings. The SMILES string of the molecule is C[C@H](NC1N=C(N[C@H]2CNCCN2)CCC1C(O)N(C)C)[C@H]1CC[C@@H](F)CC1. The van der Waals surface area contributed by atoms with Crippen molar-refractivity contribution in [3.8, 4) is 0 Å². The van der Waals surface area contributed by atoms with Crippen LogP contribution in [0.4, 0.5) is 4.39 Å². The molecule has 3 rings (SSSR count). The van der Waals surface area contributed by atoms with E-state index in [1.165, 1.54) is 0 Å². The second-order valence-corrected chi connectivity index (χ2v) is 8.92. The van der Waals surface area contributed by atoms with Gasteiger partial charge in [0.15, 0.2) is 0 Å². The minimum absolute atomic E-state index is 0.0398. The summed E-state index contributed by atoms with van der Waals surface area (Å²) in [5.74, 6) is 1.51. The van der Waals surface area contributed by atoms with E-state index >= 15 is 0 Å². The Kier molecular flexibility index (Phi) is 8.05. The van der Waals surface area contributed by atoms with Gasteiger partial charge in [-0.1, -0.05) is 0 Å². The highest BCUT2D eigenvalue weighted by Crippen LogP contribution is 2.30. The first-order valence-electron chi connectivity index (χ1n) is 11.0. The first kappa shape index (κ1) is 21.9. The summed E-state index contributed by atoms with van der Waals surface area (Å²) in [7, 11) is 3.81. The van der Waals surface area contributed by atoms with E-state index in [0.29, 0.717) is 18.8 Å². The van der Waals surface area contributed by atoms with Crippen molar-refractivity contribution in [1.82, 2.24) is 26.2 Å². The number of aliphatic hydroxyl groups is 1. The fourth-order valence-corrected chi connectivity index (χ4v) is 4.70. The summed E-state index contributed by atoms with van der Waals surface area (Å²) < 4.78 is 13.5. The Bertz CT molecular complexity index is 505. The quantitative estimate of drug-likeness (QED) is 0.422. The molecule has 1 saturated heterocycles. The Balaban J connectivity index is 1.65. The summed E-state index contributed by atoms with van der Waals surface area (Å²) in [6.45, 7) is 5.00. The standard InChI is InChI=1S/C20H39FN6O/c1-13(14-4-6-15(21)7-5-14)24-19-16(20(28)27(2)3)8-9-17(26-19)25-18-12-22-10-11-23-18/h13-16,18-20,22-24,28H,4-12H2,1-3H3,(H,25,26)/t13-,14-,15+,16?,18-,19?,20?/m0/s1. The lowest BCUT2D eigenvalue weighted by Crippen LogP contribution is -2.59. The molecule has 5 N–H and O–H groups in total. The van der Waals surface area contributed by atoms with Gasteiger partial charge in [-0.2, -0.15) is 0 Å². The molecule has 8 heteroatoms. The number of hydrogen-bond acceptors (Lipinski definition) is 7. The van der Waals surface area contributed by atoms with Gasteiger partial charge in [-0.3, -0.25) is 20.5 Å². The number of nitrogens with zero attached hydrogens (tertiary/aromatic N) is 2. The van der Waals surface area contributed by atoms with Crippen molar-refractivity contribution >= 4 is 5.84 Å². The first-order chi connectivity index (χ1) is 13.4. The molecule has 2 fully saturated rings. The lowest BCUT2D eigenvalue weighted by atomic mass is 9.83. The molecular formula is C20H39FN6O. The van der Waals surface area contributed by atoms with Gasteiger partial charge in [-0.15, -0.1) is 0 Å². The maximum atomic E-state index is 13.5. The van der Waals surface area contributed by atoms with Crippen LogP contribution >= 0.6 is 0 Å². The number of nitrogens with one attached hydrogen (secondary N) is 4. The van der Waals surface area contributed by atoms with Crippen molar-refractivity contribution in [1.29, 1.82) is 0 Å². The van der Waals surface area contributed by atoms with Crippen molar-refractivity contribution < 1.29 is 9.50 Å². The number of aliphatic hydroxyl groups excluding tert-OH is 1. The fraction of sp³-hybridized carbons (Fsp3) is 0.950. The van der Waals surface area contributed by atoms with E-state index in [9.17, 15) is 9.50 Å². The Morgan fingerprint density at radius 2 is 1.93 bits per heavy atom. The van der Waals surface area contributed by atoms with Crippen LogP contribution in [0.25, 0.3) is 0 Å². The third kappa shape index (κ3) is 5.86. The normalized spacial score (nSPS) is 36.6. The number of amidine groups is 1. The Labute approximate surface area is 168 Å². The van der Waals surface area contributed by atoms with Gasteiger partial charge in [-0.05, 0) is 59.0 Å². The molecule has 2 heterocycles. The largest absolute Gasteiger partial charge is 0.378 e. The van der Waals surface area contributed by atoms with Crippen molar-refractivity contribution in [2.24, 2.45) is 16.8 Å². The molecule has 1 aliphatic carbocycles. The third-order valence-corrected chi connectivity index (χ3v) is 6.55. The van der Waals surface area contributed by atoms with Gasteiger partial charge in [0.05, 0.1) is 12.0 Å². The van der Waals surface area contributed by atoms with Crippen LogP contribution < -0.4 is 21.3 Å². The number of rotatable bonds is 6. The molecule has 7 nitrogen and oxygen atoms in total. The van der Waals surface area contributed by atoms with E-state index in [-0.39, 0.29) is 24.3 Å². The molecule has 1 saturated carbocycles. The molecule has 2 aliphatic heterocycles. The van der Waals surface area contributed by atoms with E-state index in [4.69, 9.17) is 4.99 Å². The van der Waals surface area contributed by atoms with Crippen molar-refractivity contribution in [2.75, 3.05) is 33.7 Å². The minimum atomic E-state index is -0.633. The molecule has 0 bridgehead atoms. The molecular weight excluding hydrogens is 359 g/mol. The van der Waals surface area contributed by atoms with Gasteiger partial charge >= 0.3 is 0 Å². The molecule has 0 aromatic rings. The smallest absolute Gasteiger partial charge is 0.113 e. The van der Waals surface area contributed by atoms with Crippen molar-refractivity contribution in [3.63, 3.8) is 0 Å². The molecule has 0 radical (unpaired) electrons. The van der Waals surface area contributed by atoms with Crippen molar-refractivity contribution in [2.45, 2.75) is 76.2 Å². The predicted molar refractivity (Wildman–Crippen MR) is 111 cm³/mol. The molecule has 5 atom stereocenters. The van der Waals surface area contributed by atoms with E-state index in [0.717, 1.165) is 51.2 Å². The summed E-state index contributed by atoms with van der Waals surface area (Å²) in [6.07, 6.45) is 3.80. The zero-order chi connectivity index (χ0) is 20.1.